The largest absolute Gasteiger partial charge is 0.455 e. The normalized spacial score (nSPS) is 10.7. The Bertz CT molecular complexity index is 790. The molecule has 3 nitrogen and oxygen atoms in total. The predicted molar refractivity (Wildman–Crippen MR) is 72.6 cm³/mol. The van der Waals surface area contributed by atoms with Gasteiger partial charge < -0.3 is 10.5 Å². The van der Waals surface area contributed by atoms with Gasteiger partial charge in [0.05, 0.1) is 0 Å². The van der Waals surface area contributed by atoms with E-state index in [9.17, 15) is 8.78 Å². The van der Waals surface area contributed by atoms with Gasteiger partial charge in [-0.3, -0.25) is 4.98 Å². The number of fused-ring (bicyclic) bond motifs is 1. The van der Waals surface area contributed by atoms with Crippen molar-refractivity contribution in [3.05, 3.63) is 60.3 Å². The Hall–Kier alpha value is -2.69. The molecular weight excluding hydrogens is 262 g/mol. The highest BCUT2D eigenvalue weighted by Crippen LogP contribution is 2.31. The SMILES string of the molecule is Nc1ccc(Oc2ccc(F)c(F)c2)c2ncccc12. The van der Waals surface area contributed by atoms with Gasteiger partial charge in [0.2, 0.25) is 0 Å². The number of benzene rings is 2. The van der Waals surface area contributed by atoms with Crippen molar-refractivity contribution in [2.24, 2.45) is 0 Å². The van der Waals surface area contributed by atoms with Crippen molar-refractivity contribution in [1.29, 1.82) is 0 Å². The van der Waals surface area contributed by atoms with Crippen LogP contribution in [0, 0.1) is 11.6 Å². The fourth-order valence-corrected chi connectivity index (χ4v) is 1.92. The van der Waals surface area contributed by atoms with Gasteiger partial charge in [-0.2, -0.15) is 0 Å². The number of ether oxygens (including phenoxy) is 1. The molecule has 3 aromatic rings. The zero-order chi connectivity index (χ0) is 14.1. The van der Waals surface area contributed by atoms with E-state index < -0.39 is 11.6 Å². The summed E-state index contributed by atoms with van der Waals surface area (Å²) in [6, 6.07) is 10.3. The van der Waals surface area contributed by atoms with Crippen LogP contribution < -0.4 is 10.5 Å². The molecule has 0 saturated heterocycles. The minimum atomic E-state index is -0.963. The fourth-order valence-electron chi connectivity index (χ4n) is 1.92. The van der Waals surface area contributed by atoms with Crippen LogP contribution in [-0.2, 0) is 0 Å². The third-order valence-electron chi connectivity index (χ3n) is 2.89. The van der Waals surface area contributed by atoms with Crippen LogP contribution in [0.4, 0.5) is 14.5 Å². The summed E-state index contributed by atoms with van der Waals surface area (Å²) in [6.07, 6.45) is 1.61. The minimum absolute atomic E-state index is 0.195. The van der Waals surface area contributed by atoms with Crippen LogP contribution in [0.1, 0.15) is 0 Å². The molecule has 5 heteroatoms. The zero-order valence-electron chi connectivity index (χ0n) is 10.3. The maximum Gasteiger partial charge on any atom is 0.162 e. The number of pyridine rings is 1. The van der Waals surface area contributed by atoms with E-state index in [1.807, 2.05) is 6.07 Å². The van der Waals surface area contributed by atoms with Crippen molar-refractivity contribution in [3.8, 4) is 11.5 Å². The molecule has 2 N–H and O–H groups in total. The molecule has 20 heavy (non-hydrogen) atoms. The number of halogens is 2. The van der Waals surface area contributed by atoms with Gasteiger partial charge in [-0.25, -0.2) is 8.78 Å². The van der Waals surface area contributed by atoms with Gasteiger partial charge in [-0.1, -0.05) is 0 Å². The molecule has 1 aromatic heterocycles. The monoisotopic (exact) mass is 272 g/mol. The summed E-state index contributed by atoms with van der Waals surface area (Å²) < 4.78 is 31.6. The first kappa shape index (κ1) is 12.3. The van der Waals surface area contributed by atoms with E-state index in [2.05, 4.69) is 4.98 Å². The quantitative estimate of drug-likeness (QED) is 0.720. The van der Waals surface area contributed by atoms with Crippen molar-refractivity contribution in [1.82, 2.24) is 4.98 Å². The molecule has 0 atom stereocenters. The van der Waals surface area contributed by atoms with E-state index in [1.54, 1.807) is 24.4 Å². The second-order valence-corrected chi connectivity index (χ2v) is 4.23. The van der Waals surface area contributed by atoms with Gasteiger partial charge in [0.15, 0.2) is 17.4 Å². The molecule has 0 radical (unpaired) electrons. The van der Waals surface area contributed by atoms with Crippen LogP contribution >= 0.6 is 0 Å². The van der Waals surface area contributed by atoms with Crippen LogP contribution in [0.3, 0.4) is 0 Å². The Morgan fingerprint density at radius 3 is 2.65 bits per heavy atom. The maximum atomic E-state index is 13.2. The summed E-state index contributed by atoms with van der Waals surface area (Å²) in [7, 11) is 0. The molecule has 0 aliphatic heterocycles. The van der Waals surface area contributed by atoms with E-state index in [4.69, 9.17) is 10.5 Å². The number of nitrogens with two attached hydrogens (primary N) is 1. The average molecular weight is 272 g/mol. The van der Waals surface area contributed by atoms with Crippen LogP contribution in [0.2, 0.25) is 0 Å². The van der Waals surface area contributed by atoms with E-state index in [0.717, 1.165) is 17.5 Å². The lowest BCUT2D eigenvalue weighted by atomic mass is 10.1. The first-order valence-electron chi connectivity index (χ1n) is 5.91. The molecule has 0 saturated carbocycles. The smallest absolute Gasteiger partial charge is 0.162 e. The number of rotatable bonds is 2. The van der Waals surface area contributed by atoms with Gasteiger partial charge in [0.1, 0.15) is 11.3 Å². The second kappa shape index (κ2) is 4.77. The summed E-state index contributed by atoms with van der Waals surface area (Å²) in [6.45, 7) is 0. The van der Waals surface area contributed by atoms with Gasteiger partial charge in [-0.05, 0) is 36.4 Å². The van der Waals surface area contributed by atoms with Crippen molar-refractivity contribution in [2.45, 2.75) is 0 Å². The molecular formula is C15H10F2N2O. The number of aromatic nitrogens is 1. The highest BCUT2D eigenvalue weighted by Gasteiger charge is 2.09. The van der Waals surface area contributed by atoms with Crippen molar-refractivity contribution < 1.29 is 13.5 Å². The molecule has 0 amide bonds. The van der Waals surface area contributed by atoms with Crippen molar-refractivity contribution in [3.63, 3.8) is 0 Å². The lowest BCUT2D eigenvalue weighted by molar-refractivity contribution is 0.464. The molecule has 1 heterocycles. The maximum absolute atomic E-state index is 13.2. The minimum Gasteiger partial charge on any atom is -0.455 e. The summed E-state index contributed by atoms with van der Waals surface area (Å²) in [5.74, 6) is -1.26. The first-order valence-corrected chi connectivity index (χ1v) is 5.91. The van der Waals surface area contributed by atoms with E-state index in [-0.39, 0.29) is 5.75 Å². The number of hydrogen-bond donors (Lipinski definition) is 1. The fraction of sp³-hybridized carbons (Fsp3) is 0. The van der Waals surface area contributed by atoms with Crippen molar-refractivity contribution >= 4 is 16.6 Å². The first-order chi connectivity index (χ1) is 9.65. The lowest BCUT2D eigenvalue weighted by Gasteiger charge is -2.09. The Labute approximate surface area is 113 Å². The van der Waals surface area contributed by atoms with Gasteiger partial charge in [0.25, 0.3) is 0 Å². The highest BCUT2D eigenvalue weighted by atomic mass is 19.2. The Morgan fingerprint density at radius 1 is 1.00 bits per heavy atom. The molecule has 2 aromatic carbocycles. The van der Waals surface area contributed by atoms with Crippen LogP contribution in [-0.4, -0.2) is 4.98 Å². The van der Waals surface area contributed by atoms with Crippen LogP contribution in [0.15, 0.2) is 48.7 Å². The summed E-state index contributed by atoms with van der Waals surface area (Å²) in [4.78, 5) is 4.21. The molecule has 0 fully saturated rings. The van der Waals surface area contributed by atoms with E-state index >= 15 is 0 Å². The zero-order valence-corrected chi connectivity index (χ0v) is 10.3. The van der Waals surface area contributed by atoms with Gasteiger partial charge in [-0.15, -0.1) is 0 Å². The Kier molecular flexibility index (Phi) is 2.95. The topological polar surface area (TPSA) is 48.1 Å². The number of nitrogens with zero attached hydrogens (tertiary/aromatic N) is 1. The van der Waals surface area contributed by atoms with Crippen LogP contribution in [0.5, 0.6) is 11.5 Å². The Morgan fingerprint density at radius 2 is 1.85 bits per heavy atom. The summed E-state index contributed by atoms with van der Waals surface area (Å²) in [5, 5.41) is 0.743. The third kappa shape index (κ3) is 2.14. The predicted octanol–water partition coefficient (Wildman–Crippen LogP) is 3.89. The van der Waals surface area contributed by atoms with Crippen molar-refractivity contribution in [2.75, 3.05) is 5.73 Å². The molecule has 0 spiro atoms. The van der Waals surface area contributed by atoms with Crippen LogP contribution in [0.25, 0.3) is 10.9 Å². The number of anilines is 1. The molecule has 100 valence electrons. The van der Waals surface area contributed by atoms with E-state index in [0.29, 0.717) is 17.0 Å². The summed E-state index contributed by atoms with van der Waals surface area (Å²) in [5.41, 5.74) is 7.00. The summed E-state index contributed by atoms with van der Waals surface area (Å²) >= 11 is 0. The van der Waals surface area contributed by atoms with Gasteiger partial charge >= 0.3 is 0 Å². The molecule has 0 unspecified atom stereocenters. The Balaban J connectivity index is 2.06. The molecule has 0 aliphatic carbocycles. The van der Waals surface area contributed by atoms with E-state index in [1.165, 1.54) is 6.07 Å². The highest BCUT2D eigenvalue weighted by molar-refractivity contribution is 5.94. The second-order valence-electron chi connectivity index (χ2n) is 4.23. The van der Waals surface area contributed by atoms with Gasteiger partial charge in [0, 0.05) is 23.3 Å². The average Bonchev–Trinajstić information content (AvgIpc) is 2.46. The third-order valence-corrected chi connectivity index (χ3v) is 2.89. The molecule has 0 aliphatic rings. The number of nitrogen functional groups attached to an aromatic ring is 1. The standard InChI is InChI=1S/C15H10F2N2O/c16-11-4-3-9(8-12(11)17)20-14-6-5-13(18)10-2-1-7-19-15(10)14/h1-8H,18H2. The molecule has 3 rings (SSSR count). The molecule has 0 bridgehead atoms. The lowest BCUT2D eigenvalue weighted by Crippen LogP contribution is -1.93. The number of hydrogen-bond acceptors (Lipinski definition) is 3.